The predicted molar refractivity (Wildman–Crippen MR) is 306 cm³/mol. The Morgan fingerprint density at radius 2 is 0.563 bits per heavy atom. The second kappa shape index (κ2) is 57.6. The van der Waals surface area contributed by atoms with Crippen LogP contribution in [0.5, 0.6) is 0 Å². The lowest BCUT2D eigenvalue weighted by Gasteiger charge is -2.18. The van der Waals surface area contributed by atoms with Crippen molar-refractivity contribution in [1.29, 1.82) is 0 Å². The number of ether oxygens (including phenoxy) is 3. The summed E-state index contributed by atoms with van der Waals surface area (Å²) in [6, 6.07) is 0. The lowest BCUT2D eigenvalue weighted by molar-refractivity contribution is -0.167. The summed E-state index contributed by atoms with van der Waals surface area (Å²) in [5, 5.41) is 0. The van der Waals surface area contributed by atoms with E-state index in [1.165, 1.54) is 51.4 Å². The van der Waals surface area contributed by atoms with Crippen LogP contribution in [0, 0.1) is 0 Å². The van der Waals surface area contributed by atoms with Crippen molar-refractivity contribution in [2.75, 3.05) is 13.2 Å². The average Bonchev–Trinajstić information content (AvgIpc) is 3.37. The van der Waals surface area contributed by atoms with E-state index >= 15 is 0 Å². The molecule has 0 aromatic heterocycles. The van der Waals surface area contributed by atoms with Crippen molar-refractivity contribution in [3.05, 3.63) is 158 Å². The largest absolute Gasteiger partial charge is 0.462 e. The van der Waals surface area contributed by atoms with E-state index < -0.39 is 12.1 Å². The van der Waals surface area contributed by atoms with Crippen molar-refractivity contribution >= 4 is 17.9 Å². The Kier molecular flexibility index (Phi) is 53.6. The molecular formula is C65H100O6. The molecule has 0 fully saturated rings. The minimum atomic E-state index is -0.852. The molecule has 0 amide bonds. The van der Waals surface area contributed by atoms with Crippen LogP contribution in [0.15, 0.2) is 158 Å². The van der Waals surface area contributed by atoms with E-state index in [1.54, 1.807) is 0 Å². The summed E-state index contributed by atoms with van der Waals surface area (Å²) in [6.07, 6.45) is 83.8. The maximum Gasteiger partial charge on any atom is 0.306 e. The Balaban J connectivity index is 4.66. The maximum absolute atomic E-state index is 12.8. The molecule has 6 nitrogen and oxygen atoms in total. The van der Waals surface area contributed by atoms with Crippen molar-refractivity contribution in [3.8, 4) is 0 Å². The molecule has 0 saturated heterocycles. The molecule has 0 radical (unpaired) electrons. The first-order valence-electron chi connectivity index (χ1n) is 28.0. The summed E-state index contributed by atoms with van der Waals surface area (Å²) in [7, 11) is 0. The normalized spacial score (nSPS) is 13.3. The number of rotatable bonds is 48. The molecule has 6 heteroatoms. The van der Waals surface area contributed by atoms with Gasteiger partial charge in [0.2, 0.25) is 0 Å². The molecule has 71 heavy (non-hydrogen) atoms. The zero-order valence-electron chi connectivity index (χ0n) is 45.2. The Labute approximate surface area is 435 Å². The molecule has 0 aliphatic carbocycles. The van der Waals surface area contributed by atoms with Crippen LogP contribution >= 0.6 is 0 Å². The third kappa shape index (κ3) is 55.8. The van der Waals surface area contributed by atoms with Crippen LogP contribution in [0.4, 0.5) is 0 Å². The molecule has 0 aromatic rings. The third-order valence-electron chi connectivity index (χ3n) is 11.0. The molecule has 0 unspecified atom stereocenters. The van der Waals surface area contributed by atoms with Gasteiger partial charge in [-0.25, -0.2) is 0 Å². The van der Waals surface area contributed by atoms with Gasteiger partial charge in [0.05, 0.1) is 0 Å². The first kappa shape index (κ1) is 66.0. The topological polar surface area (TPSA) is 78.9 Å². The molecule has 0 spiro atoms. The van der Waals surface area contributed by atoms with Gasteiger partial charge in [0.1, 0.15) is 13.2 Å². The lowest BCUT2D eigenvalue weighted by atomic mass is 10.1. The highest BCUT2D eigenvalue weighted by molar-refractivity contribution is 5.71. The minimum Gasteiger partial charge on any atom is -0.462 e. The van der Waals surface area contributed by atoms with Gasteiger partial charge in [-0.1, -0.05) is 211 Å². The average molecular weight is 978 g/mol. The Hall–Kier alpha value is -4.97. The number of unbranched alkanes of at least 4 members (excludes halogenated alkanes) is 11. The summed E-state index contributed by atoms with van der Waals surface area (Å²) in [5.74, 6) is -1.10. The monoisotopic (exact) mass is 977 g/mol. The number of esters is 3. The van der Waals surface area contributed by atoms with Gasteiger partial charge in [-0.15, -0.1) is 0 Å². The van der Waals surface area contributed by atoms with E-state index in [0.29, 0.717) is 19.3 Å². The fourth-order valence-electron chi connectivity index (χ4n) is 6.80. The number of hydrogen-bond acceptors (Lipinski definition) is 6. The molecule has 0 saturated carbocycles. The first-order valence-corrected chi connectivity index (χ1v) is 28.0. The van der Waals surface area contributed by atoms with Crippen molar-refractivity contribution in [2.45, 2.75) is 219 Å². The van der Waals surface area contributed by atoms with Gasteiger partial charge in [-0.05, 0) is 141 Å². The fraction of sp³-hybridized carbons (Fsp3) is 0.554. The first-order chi connectivity index (χ1) is 35.0. The summed E-state index contributed by atoms with van der Waals surface area (Å²) >= 11 is 0. The van der Waals surface area contributed by atoms with Gasteiger partial charge in [-0.3, -0.25) is 14.4 Å². The van der Waals surface area contributed by atoms with E-state index in [-0.39, 0.29) is 38.0 Å². The second-order valence-electron chi connectivity index (χ2n) is 17.7. The number of hydrogen-bond donors (Lipinski definition) is 0. The highest BCUT2D eigenvalue weighted by atomic mass is 16.6. The SMILES string of the molecule is CC/C=C\C/C=C\C/C=C\C/C=C\C/C=C\CCCC(=O)O[C@H](COC(=O)CCC/C=C\C/C=C\C/C=C\C/C=C\CCCCC)COC(=O)CCCCC/C=C\C/C=C\C/C=C\C/C=C\CCCCC. The van der Waals surface area contributed by atoms with Gasteiger partial charge >= 0.3 is 17.9 Å². The van der Waals surface area contributed by atoms with Crippen LogP contribution in [-0.4, -0.2) is 37.2 Å². The lowest BCUT2D eigenvalue weighted by Crippen LogP contribution is -2.30. The van der Waals surface area contributed by atoms with Crippen LogP contribution in [-0.2, 0) is 28.6 Å². The maximum atomic E-state index is 12.8. The van der Waals surface area contributed by atoms with E-state index in [9.17, 15) is 14.4 Å². The minimum absolute atomic E-state index is 0.142. The van der Waals surface area contributed by atoms with Gasteiger partial charge in [0.15, 0.2) is 6.10 Å². The molecule has 396 valence electrons. The molecule has 0 N–H and O–H groups in total. The number of carbonyl (C=O) groups excluding carboxylic acids is 3. The fourth-order valence-corrected chi connectivity index (χ4v) is 6.80. The summed E-state index contributed by atoms with van der Waals surface area (Å²) in [5.41, 5.74) is 0. The molecule has 0 aliphatic heterocycles. The molecule has 0 rings (SSSR count). The van der Waals surface area contributed by atoms with Crippen LogP contribution < -0.4 is 0 Å². The molecular weight excluding hydrogens is 877 g/mol. The Bertz CT molecular complexity index is 1640. The third-order valence-corrected chi connectivity index (χ3v) is 11.0. The summed E-state index contributed by atoms with van der Waals surface area (Å²) in [4.78, 5) is 38.1. The standard InChI is InChI=1S/C65H100O6/c1-4-7-10-13-16-19-22-25-28-31-32-35-37-40-43-46-49-52-55-58-64(67)70-61-62(71-65(68)59-56-53-50-47-44-41-38-34-30-27-24-21-18-15-12-9-6-3)60-69-63(66)57-54-51-48-45-42-39-36-33-29-26-23-20-17-14-11-8-5-2/h9,12,16-21,25-30,32,35-36,38-41,43,45,47-48,50,62H,4-8,10-11,13-15,22-24,31,33-34,37,42,44,46,49,51-61H2,1-3H3/b12-9-,19-16-,20-17-,21-18-,28-25-,29-26-,30-27-,35-32-,39-36-,41-38-,43-40-,48-45-,50-47-/t62-/m1/s1. The van der Waals surface area contributed by atoms with Gasteiger partial charge in [0.25, 0.3) is 0 Å². The second-order valence-corrected chi connectivity index (χ2v) is 17.7. The Morgan fingerprint density at radius 1 is 0.296 bits per heavy atom. The van der Waals surface area contributed by atoms with Crippen LogP contribution in [0.3, 0.4) is 0 Å². The smallest absolute Gasteiger partial charge is 0.306 e. The van der Waals surface area contributed by atoms with E-state index in [2.05, 4.69) is 179 Å². The summed E-state index contributed by atoms with van der Waals surface area (Å²) in [6.45, 7) is 6.32. The Morgan fingerprint density at radius 3 is 0.887 bits per heavy atom. The number of allylic oxidation sites excluding steroid dienone is 26. The zero-order chi connectivity index (χ0) is 51.4. The van der Waals surface area contributed by atoms with E-state index in [1.807, 2.05) is 0 Å². The highest BCUT2D eigenvalue weighted by Crippen LogP contribution is 2.10. The van der Waals surface area contributed by atoms with Crippen molar-refractivity contribution in [3.63, 3.8) is 0 Å². The van der Waals surface area contributed by atoms with Crippen LogP contribution in [0.25, 0.3) is 0 Å². The molecule has 0 aromatic carbocycles. The number of carbonyl (C=O) groups is 3. The van der Waals surface area contributed by atoms with Gasteiger partial charge < -0.3 is 14.2 Å². The molecule has 1 atom stereocenters. The van der Waals surface area contributed by atoms with Crippen molar-refractivity contribution in [1.82, 2.24) is 0 Å². The molecule has 0 bridgehead atoms. The van der Waals surface area contributed by atoms with E-state index in [4.69, 9.17) is 14.2 Å². The van der Waals surface area contributed by atoms with Gasteiger partial charge in [0, 0.05) is 19.3 Å². The highest BCUT2D eigenvalue weighted by Gasteiger charge is 2.19. The predicted octanol–water partition coefficient (Wildman–Crippen LogP) is 19.0. The van der Waals surface area contributed by atoms with Crippen molar-refractivity contribution in [2.24, 2.45) is 0 Å². The zero-order valence-corrected chi connectivity index (χ0v) is 45.2. The van der Waals surface area contributed by atoms with Crippen LogP contribution in [0.2, 0.25) is 0 Å². The molecule has 0 heterocycles. The van der Waals surface area contributed by atoms with Crippen molar-refractivity contribution < 1.29 is 28.6 Å². The molecule has 0 aliphatic rings. The summed E-state index contributed by atoms with van der Waals surface area (Å²) < 4.78 is 16.7. The van der Waals surface area contributed by atoms with Crippen LogP contribution in [0.1, 0.15) is 213 Å². The van der Waals surface area contributed by atoms with E-state index in [0.717, 1.165) is 109 Å². The van der Waals surface area contributed by atoms with Gasteiger partial charge in [-0.2, -0.15) is 0 Å². The quantitative estimate of drug-likeness (QED) is 0.0262.